The van der Waals surface area contributed by atoms with E-state index in [2.05, 4.69) is 5.32 Å². The van der Waals surface area contributed by atoms with Crippen molar-refractivity contribution in [2.45, 2.75) is 19.0 Å². The summed E-state index contributed by atoms with van der Waals surface area (Å²) in [4.78, 5) is 26.8. The first-order chi connectivity index (χ1) is 12.5. The van der Waals surface area contributed by atoms with Crippen LogP contribution in [0.2, 0.25) is 0 Å². The number of carbonyl (C=O) groups is 2. The van der Waals surface area contributed by atoms with Crippen LogP contribution in [0.15, 0.2) is 66.7 Å². The van der Waals surface area contributed by atoms with E-state index in [4.69, 9.17) is 0 Å². The number of urea groups is 1. The van der Waals surface area contributed by atoms with Crippen molar-refractivity contribution >= 4 is 22.7 Å². The molecule has 4 nitrogen and oxygen atoms in total. The molecule has 130 valence electrons. The number of fused-ring (bicyclic) bond motifs is 1. The smallest absolute Gasteiger partial charge is 0.319 e. The lowest BCUT2D eigenvalue weighted by atomic mass is 9.88. The number of imide groups is 1. The highest BCUT2D eigenvalue weighted by Gasteiger charge is 2.49. The second kappa shape index (κ2) is 5.95. The summed E-state index contributed by atoms with van der Waals surface area (Å²) >= 11 is 0. The highest BCUT2D eigenvalue weighted by Crippen LogP contribution is 2.34. The Hall–Kier alpha value is -3.21. The van der Waals surface area contributed by atoms with Crippen molar-refractivity contribution in [1.29, 1.82) is 0 Å². The molecule has 0 radical (unpaired) electrons. The third kappa shape index (κ3) is 2.52. The van der Waals surface area contributed by atoms with Crippen LogP contribution in [0.5, 0.6) is 0 Å². The first-order valence-corrected chi connectivity index (χ1v) is 8.36. The summed E-state index contributed by atoms with van der Waals surface area (Å²) in [5.74, 6) is -0.672. The molecule has 0 bridgehead atoms. The minimum atomic E-state index is -1.14. The molecule has 3 amide bonds. The average Bonchev–Trinajstić information content (AvgIpc) is 2.87. The molecule has 5 heteroatoms. The number of nitrogens with one attached hydrogen (secondary N) is 1. The number of hydrogen-bond donors (Lipinski definition) is 1. The molecule has 0 unspecified atom stereocenters. The van der Waals surface area contributed by atoms with Gasteiger partial charge in [-0.1, -0.05) is 54.6 Å². The fourth-order valence-corrected chi connectivity index (χ4v) is 3.46. The number of halogens is 1. The van der Waals surface area contributed by atoms with Crippen LogP contribution in [-0.4, -0.2) is 16.8 Å². The predicted molar refractivity (Wildman–Crippen MR) is 96.8 cm³/mol. The molecule has 1 aliphatic heterocycles. The topological polar surface area (TPSA) is 49.4 Å². The molecule has 26 heavy (non-hydrogen) atoms. The van der Waals surface area contributed by atoms with Gasteiger partial charge >= 0.3 is 6.03 Å². The Bertz CT molecular complexity index is 1010. The maximum atomic E-state index is 13.1. The van der Waals surface area contributed by atoms with E-state index in [1.807, 2.05) is 42.5 Å². The van der Waals surface area contributed by atoms with E-state index in [1.165, 1.54) is 17.0 Å². The maximum Gasteiger partial charge on any atom is 0.325 e. The van der Waals surface area contributed by atoms with E-state index >= 15 is 0 Å². The van der Waals surface area contributed by atoms with Gasteiger partial charge in [-0.2, -0.15) is 0 Å². The lowest BCUT2D eigenvalue weighted by Crippen LogP contribution is -2.41. The van der Waals surface area contributed by atoms with Gasteiger partial charge in [-0.3, -0.25) is 9.69 Å². The van der Waals surface area contributed by atoms with Gasteiger partial charge in [-0.25, -0.2) is 9.18 Å². The van der Waals surface area contributed by atoms with Crippen molar-refractivity contribution in [3.63, 3.8) is 0 Å². The van der Waals surface area contributed by atoms with Gasteiger partial charge in [0.2, 0.25) is 0 Å². The highest BCUT2D eigenvalue weighted by atomic mass is 19.1. The summed E-state index contributed by atoms with van der Waals surface area (Å²) in [6.07, 6.45) is 0. The summed E-state index contributed by atoms with van der Waals surface area (Å²) in [6.45, 7) is 1.82. The van der Waals surface area contributed by atoms with Gasteiger partial charge in [0, 0.05) is 0 Å². The number of hydrogen-bond acceptors (Lipinski definition) is 2. The van der Waals surface area contributed by atoms with Crippen molar-refractivity contribution in [2.24, 2.45) is 0 Å². The SMILES string of the molecule is C[C@@]1(c2cccc3ccccc23)NC(=O)N(Cc2ccc(F)cc2)C1=O. The first-order valence-electron chi connectivity index (χ1n) is 8.36. The van der Waals surface area contributed by atoms with E-state index < -0.39 is 11.6 Å². The molecular weight excluding hydrogens is 331 g/mol. The zero-order chi connectivity index (χ0) is 18.3. The Morgan fingerprint density at radius 1 is 0.962 bits per heavy atom. The lowest BCUT2D eigenvalue weighted by Gasteiger charge is -2.24. The van der Waals surface area contributed by atoms with Gasteiger partial charge in [0.25, 0.3) is 5.91 Å². The van der Waals surface area contributed by atoms with Crippen LogP contribution in [-0.2, 0) is 16.9 Å². The van der Waals surface area contributed by atoms with Crippen LogP contribution in [0, 0.1) is 5.82 Å². The second-order valence-corrected chi connectivity index (χ2v) is 6.60. The Kier molecular flexibility index (Phi) is 3.72. The standard InChI is InChI=1S/C21H17FN2O2/c1-21(18-8-4-6-15-5-2-3-7-17(15)18)19(25)24(20(26)23-21)13-14-9-11-16(22)12-10-14/h2-12H,13H2,1H3,(H,23,26)/t21-/m0/s1. The molecule has 1 N–H and O–H groups in total. The number of amides is 3. The lowest BCUT2D eigenvalue weighted by molar-refractivity contribution is -0.131. The van der Waals surface area contributed by atoms with Crippen LogP contribution in [0.1, 0.15) is 18.1 Å². The summed E-state index contributed by atoms with van der Waals surface area (Å²) < 4.78 is 13.1. The second-order valence-electron chi connectivity index (χ2n) is 6.60. The largest absolute Gasteiger partial charge is 0.325 e. The molecule has 3 aromatic carbocycles. The molecule has 0 spiro atoms. The Morgan fingerprint density at radius 3 is 2.42 bits per heavy atom. The molecule has 0 aliphatic carbocycles. The summed E-state index contributed by atoms with van der Waals surface area (Å²) in [6, 6.07) is 18.8. The van der Waals surface area contributed by atoms with E-state index in [-0.39, 0.29) is 18.3 Å². The third-order valence-electron chi connectivity index (χ3n) is 4.86. The van der Waals surface area contributed by atoms with E-state index in [0.29, 0.717) is 5.56 Å². The van der Waals surface area contributed by atoms with Crippen molar-refractivity contribution in [3.05, 3.63) is 83.7 Å². The summed E-state index contributed by atoms with van der Waals surface area (Å²) in [5, 5.41) is 4.76. The Morgan fingerprint density at radius 2 is 1.65 bits per heavy atom. The van der Waals surface area contributed by atoms with E-state index in [0.717, 1.165) is 16.3 Å². The fraction of sp³-hybridized carbons (Fsp3) is 0.143. The van der Waals surface area contributed by atoms with E-state index in [9.17, 15) is 14.0 Å². The third-order valence-corrected chi connectivity index (χ3v) is 4.86. The quantitative estimate of drug-likeness (QED) is 0.729. The monoisotopic (exact) mass is 348 g/mol. The molecule has 1 saturated heterocycles. The van der Waals surface area contributed by atoms with Crippen molar-refractivity contribution < 1.29 is 14.0 Å². The first kappa shape index (κ1) is 16.3. The van der Waals surface area contributed by atoms with Gasteiger partial charge in [0.15, 0.2) is 0 Å². The summed E-state index contributed by atoms with van der Waals surface area (Å²) in [5.41, 5.74) is 0.311. The summed E-state index contributed by atoms with van der Waals surface area (Å²) in [7, 11) is 0. The average molecular weight is 348 g/mol. The zero-order valence-electron chi connectivity index (χ0n) is 14.2. The zero-order valence-corrected chi connectivity index (χ0v) is 14.2. The van der Waals surface area contributed by atoms with Crippen molar-refractivity contribution in [2.75, 3.05) is 0 Å². The van der Waals surface area contributed by atoms with Crippen LogP contribution in [0.3, 0.4) is 0 Å². The predicted octanol–water partition coefficient (Wildman–Crippen LogP) is 3.95. The number of nitrogens with zero attached hydrogens (tertiary/aromatic N) is 1. The molecule has 1 heterocycles. The van der Waals surface area contributed by atoms with Gasteiger partial charge < -0.3 is 5.32 Å². The molecule has 1 aliphatic rings. The fourth-order valence-electron chi connectivity index (χ4n) is 3.46. The highest BCUT2D eigenvalue weighted by molar-refractivity contribution is 6.09. The normalized spacial score (nSPS) is 19.8. The van der Waals surface area contributed by atoms with Crippen LogP contribution in [0.4, 0.5) is 9.18 Å². The maximum absolute atomic E-state index is 13.1. The minimum absolute atomic E-state index is 0.102. The molecular formula is C21H17FN2O2. The molecule has 3 aromatic rings. The number of benzene rings is 3. The van der Waals surface area contributed by atoms with Crippen LogP contribution < -0.4 is 5.32 Å². The Labute approximate surface area is 150 Å². The van der Waals surface area contributed by atoms with Gasteiger partial charge in [-0.15, -0.1) is 0 Å². The van der Waals surface area contributed by atoms with Gasteiger partial charge in [0.05, 0.1) is 6.54 Å². The van der Waals surface area contributed by atoms with Gasteiger partial charge in [-0.05, 0) is 41.0 Å². The molecule has 1 atom stereocenters. The van der Waals surface area contributed by atoms with Crippen LogP contribution >= 0.6 is 0 Å². The van der Waals surface area contributed by atoms with E-state index in [1.54, 1.807) is 19.1 Å². The minimum Gasteiger partial charge on any atom is -0.319 e. The van der Waals surface area contributed by atoms with Crippen molar-refractivity contribution in [3.8, 4) is 0 Å². The number of rotatable bonds is 3. The molecule has 4 rings (SSSR count). The number of carbonyl (C=O) groups excluding carboxylic acids is 2. The van der Waals surface area contributed by atoms with Crippen LogP contribution in [0.25, 0.3) is 10.8 Å². The van der Waals surface area contributed by atoms with Gasteiger partial charge in [0.1, 0.15) is 11.4 Å². The molecule has 1 fully saturated rings. The Balaban J connectivity index is 1.72. The molecule has 0 saturated carbocycles. The molecule has 0 aromatic heterocycles. The van der Waals surface area contributed by atoms with Crippen molar-refractivity contribution in [1.82, 2.24) is 10.2 Å².